The van der Waals surface area contributed by atoms with Crippen molar-refractivity contribution < 1.29 is 18.7 Å². The Morgan fingerprint density at radius 2 is 1.93 bits per heavy atom. The smallest absolute Gasteiger partial charge is 0.236 e. The van der Waals surface area contributed by atoms with Crippen LogP contribution < -0.4 is 9.47 Å². The van der Waals surface area contributed by atoms with Crippen LogP contribution in [0.15, 0.2) is 42.5 Å². The standard InChI is InChI=1S/C22H27FN2O3/c1-24(14-16-6-8-17(23)9-7-16)22(26)15-25-12-4-5-20(25)19-11-10-18(27-2)13-21(19)28-3/h6-11,13,20H,4-5,12,14-15H2,1-3H3. The Bertz CT molecular complexity index is 810. The molecule has 0 bridgehead atoms. The molecule has 1 heterocycles. The van der Waals surface area contributed by atoms with Crippen LogP contribution >= 0.6 is 0 Å². The predicted molar refractivity (Wildman–Crippen MR) is 106 cm³/mol. The SMILES string of the molecule is COc1ccc(C2CCCN2CC(=O)N(C)Cc2ccc(F)cc2)c(OC)c1. The number of methoxy groups -OCH3 is 2. The number of carbonyl (C=O) groups excluding carboxylic acids is 1. The molecule has 5 nitrogen and oxygen atoms in total. The number of halogens is 1. The molecule has 1 fully saturated rings. The minimum absolute atomic E-state index is 0.0451. The van der Waals surface area contributed by atoms with E-state index in [-0.39, 0.29) is 17.8 Å². The van der Waals surface area contributed by atoms with E-state index in [1.165, 1.54) is 12.1 Å². The molecule has 0 radical (unpaired) electrons. The molecule has 1 saturated heterocycles. The van der Waals surface area contributed by atoms with Crippen LogP contribution in [0.3, 0.4) is 0 Å². The summed E-state index contributed by atoms with van der Waals surface area (Å²) in [5, 5.41) is 0. The number of benzene rings is 2. The number of ether oxygens (including phenoxy) is 2. The molecule has 6 heteroatoms. The Labute approximate surface area is 165 Å². The molecule has 0 aromatic heterocycles. The van der Waals surface area contributed by atoms with Crippen molar-refractivity contribution in [2.24, 2.45) is 0 Å². The first-order chi connectivity index (χ1) is 13.5. The summed E-state index contributed by atoms with van der Waals surface area (Å²) in [5.41, 5.74) is 1.99. The molecule has 28 heavy (non-hydrogen) atoms. The van der Waals surface area contributed by atoms with Gasteiger partial charge in [-0.2, -0.15) is 0 Å². The monoisotopic (exact) mass is 386 g/mol. The summed E-state index contributed by atoms with van der Waals surface area (Å²) >= 11 is 0. The molecule has 150 valence electrons. The number of hydrogen-bond donors (Lipinski definition) is 0. The molecule has 0 spiro atoms. The zero-order valence-corrected chi connectivity index (χ0v) is 16.7. The summed E-state index contributed by atoms with van der Waals surface area (Å²) in [5.74, 6) is 1.30. The summed E-state index contributed by atoms with van der Waals surface area (Å²) in [4.78, 5) is 16.7. The van der Waals surface area contributed by atoms with Gasteiger partial charge in [0, 0.05) is 31.3 Å². The molecule has 1 aliphatic rings. The molecule has 1 unspecified atom stereocenters. The van der Waals surface area contributed by atoms with Crippen molar-refractivity contribution in [3.05, 3.63) is 59.4 Å². The molecule has 2 aromatic carbocycles. The summed E-state index contributed by atoms with van der Waals surface area (Å²) in [6, 6.07) is 12.2. The lowest BCUT2D eigenvalue weighted by Gasteiger charge is -2.28. The van der Waals surface area contributed by atoms with Gasteiger partial charge in [-0.15, -0.1) is 0 Å². The third kappa shape index (κ3) is 4.62. The van der Waals surface area contributed by atoms with Gasteiger partial charge in [-0.1, -0.05) is 18.2 Å². The fourth-order valence-corrected chi connectivity index (χ4v) is 3.71. The van der Waals surface area contributed by atoms with Gasteiger partial charge in [0.15, 0.2) is 0 Å². The van der Waals surface area contributed by atoms with Crippen LogP contribution in [0.1, 0.15) is 30.0 Å². The number of hydrogen-bond acceptors (Lipinski definition) is 4. The highest BCUT2D eigenvalue weighted by Crippen LogP contribution is 2.38. The van der Waals surface area contributed by atoms with Crippen molar-refractivity contribution in [1.29, 1.82) is 0 Å². The van der Waals surface area contributed by atoms with Gasteiger partial charge >= 0.3 is 0 Å². The summed E-state index contributed by atoms with van der Waals surface area (Å²) < 4.78 is 23.9. The van der Waals surface area contributed by atoms with Crippen LogP contribution in [-0.2, 0) is 11.3 Å². The van der Waals surface area contributed by atoms with Gasteiger partial charge in [-0.3, -0.25) is 9.69 Å². The molecule has 0 aliphatic carbocycles. The zero-order chi connectivity index (χ0) is 20.1. The third-order valence-corrected chi connectivity index (χ3v) is 5.26. The Balaban J connectivity index is 1.67. The van der Waals surface area contributed by atoms with Gasteiger partial charge in [-0.25, -0.2) is 4.39 Å². The van der Waals surface area contributed by atoms with E-state index in [1.54, 1.807) is 38.3 Å². The van der Waals surface area contributed by atoms with Crippen LogP contribution in [0.4, 0.5) is 4.39 Å². The van der Waals surface area contributed by atoms with E-state index in [1.807, 2.05) is 18.2 Å². The van der Waals surface area contributed by atoms with E-state index in [0.29, 0.717) is 13.1 Å². The van der Waals surface area contributed by atoms with Crippen molar-refractivity contribution in [3.63, 3.8) is 0 Å². The number of likely N-dealkylation sites (tertiary alicyclic amines) is 1. The molecule has 1 aliphatic heterocycles. The number of carbonyl (C=O) groups is 1. The van der Waals surface area contributed by atoms with E-state index >= 15 is 0 Å². The summed E-state index contributed by atoms with van der Waals surface area (Å²) in [7, 11) is 5.07. The molecule has 0 saturated carbocycles. The summed E-state index contributed by atoms with van der Waals surface area (Å²) in [6.07, 6.45) is 2.02. The lowest BCUT2D eigenvalue weighted by Crippen LogP contribution is -2.37. The van der Waals surface area contributed by atoms with E-state index < -0.39 is 0 Å². The van der Waals surface area contributed by atoms with Crippen molar-refractivity contribution in [3.8, 4) is 11.5 Å². The number of nitrogens with zero attached hydrogens (tertiary/aromatic N) is 2. The molecular formula is C22H27FN2O3. The molecular weight excluding hydrogens is 359 g/mol. The lowest BCUT2D eigenvalue weighted by atomic mass is 10.0. The van der Waals surface area contributed by atoms with Gasteiger partial charge in [0.2, 0.25) is 5.91 Å². The number of amides is 1. The average Bonchev–Trinajstić information content (AvgIpc) is 3.16. The molecule has 3 rings (SSSR count). The van der Waals surface area contributed by atoms with E-state index in [0.717, 1.165) is 42.0 Å². The van der Waals surface area contributed by atoms with Crippen LogP contribution in [0.5, 0.6) is 11.5 Å². The third-order valence-electron chi connectivity index (χ3n) is 5.26. The molecule has 1 atom stereocenters. The van der Waals surface area contributed by atoms with Gasteiger partial charge in [0.25, 0.3) is 0 Å². The van der Waals surface area contributed by atoms with Crippen LogP contribution in [0, 0.1) is 5.82 Å². The Kier molecular flexibility index (Phi) is 6.52. The van der Waals surface area contributed by atoms with Crippen molar-refractivity contribution >= 4 is 5.91 Å². The highest BCUT2D eigenvalue weighted by molar-refractivity contribution is 5.78. The summed E-state index contributed by atoms with van der Waals surface area (Å²) in [6.45, 7) is 1.68. The highest BCUT2D eigenvalue weighted by atomic mass is 19.1. The maximum atomic E-state index is 13.1. The first kappa shape index (κ1) is 20.1. The Hall–Kier alpha value is -2.60. The largest absolute Gasteiger partial charge is 0.497 e. The van der Waals surface area contributed by atoms with Gasteiger partial charge in [-0.05, 0) is 43.1 Å². The number of rotatable bonds is 7. The number of likely N-dealkylation sites (N-methyl/N-ethyl adjacent to an activating group) is 1. The minimum atomic E-state index is -0.272. The van der Waals surface area contributed by atoms with Gasteiger partial charge < -0.3 is 14.4 Å². The maximum Gasteiger partial charge on any atom is 0.236 e. The zero-order valence-electron chi connectivity index (χ0n) is 16.7. The minimum Gasteiger partial charge on any atom is -0.497 e. The quantitative estimate of drug-likeness (QED) is 0.729. The second kappa shape index (κ2) is 9.06. The predicted octanol–water partition coefficient (Wildman–Crippen LogP) is 3.64. The second-order valence-electron chi connectivity index (χ2n) is 7.11. The lowest BCUT2D eigenvalue weighted by molar-refractivity contribution is -0.131. The van der Waals surface area contributed by atoms with Gasteiger partial charge in [0.05, 0.1) is 20.8 Å². The van der Waals surface area contributed by atoms with E-state index in [4.69, 9.17) is 9.47 Å². The average molecular weight is 386 g/mol. The van der Waals surface area contributed by atoms with E-state index in [9.17, 15) is 9.18 Å². The maximum absolute atomic E-state index is 13.1. The Morgan fingerprint density at radius 1 is 1.18 bits per heavy atom. The molecule has 0 N–H and O–H groups in total. The fourth-order valence-electron chi connectivity index (χ4n) is 3.71. The molecule has 1 amide bonds. The fraction of sp³-hybridized carbons (Fsp3) is 0.409. The topological polar surface area (TPSA) is 42.0 Å². The Morgan fingerprint density at radius 3 is 2.61 bits per heavy atom. The van der Waals surface area contributed by atoms with Crippen molar-refractivity contribution in [2.45, 2.75) is 25.4 Å². The van der Waals surface area contributed by atoms with Crippen LogP contribution in [0.25, 0.3) is 0 Å². The molecule has 2 aromatic rings. The highest BCUT2D eigenvalue weighted by Gasteiger charge is 2.30. The van der Waals surface area contributed by atoms with Crippen molar-refractivity contribution in [2.75, 3.05) is 34.4 Å². The van der Waals surface area contributed by atoms with Crippen LogP contribution in [-0.4, -0.2) is 50.1 Å². The van der Waals surface area contributed by atoms with E-state index in [2.05, 4.69) is 4.90 Å². The normalized spacial score (nSPS) is 16.8. The first-order valence-electron chi connectivity index (χ1n) is 9.46. The second-order valence-corrected chi connectivity index (χ2v) is 7.11. The van der Waals surface area contributed by atoms with Crippen molar-refractivity contribution in [1.82, 2.24) is 9.80 Å². The first-order valence-corrected chi connectivity index (χ1v) is 9.46. The van der Waals surface area contributed by atoms with Crippen LogP contribution in [0.2, 0.25) is 0 Å². The van der Waals surface area contributed by atoms with Gasteiger partial charge in [0.1, 0.15) is 17.3 Å².